The molecule has 1 amide bonds. The normalized spacial score (nSPS) is 12.3. The first-order chi connectivity index (χ1) is 12.7. The summed E-state index contributed by atoms with van der Waals surface area (Å²) < 4.78 is 30.7. The molecular formula is C19H23ClN2O4S. The van der Waals surface area contributed by atoms with Crippen LogP contribution in [0.2, 0.25) is 5.02 Å². The number of nitrogens with zero attached hydrogens (tertiary/aromatic N) is 1. The largest absolute Gasteiger partial charge is 0.497 e. The monoisotopic (exact) mass is 410 g/mol. The van der Waals surface area contributed by atoms with Crippen LogP contribution in [0.1, 0.15) is 12.5 Å². The van der Waals surface area contributed by atoms with Crippen LogP contribution in [0.3, 0.4) is 0 Å². The van der Waals surface area contributed by atoms with Crippen LogP contribution in [0, 0.1) is 0 Å². The zero-order valence-corrected chi connectivity index (χ0v) is 17.0. The molecule has 2 aromatic rings. The van der Waals surface area contributed by atoms with Gasteiger partial charge in [-0.3, -0.25) is 9.10 Å². The molecule has 0 aliphatic heterocycles. The predicted molar refractivity (Wildman–Crippen MR) is 108 cm³/mol. The Morgan fingerprint density at radius 2 is 1.89 bits per heavy atom. The quantitative estimate of drug-likeness (QED) is 0.726. The Labute approximate surface area is 165 Å². The summed E-state index contributed by atoms with van der Waals surface area (Å²) in [7, 11) is -2.06. The maximum atomic E-state index is 12.5. The minimum absolute atomic E-state index is 0.350. The highest BCUT2D eigenvalue weighted by atomic mass is 35.5. The SMILES string of the molecule is COc1ccc(CCNC(=O)[C@@H](C)N(c2cccc(Cl)c2)S(C)(=O)=O)cc1. The van der Waals surface area contributed by atoms with Crippen molar-refractivity contribution in [3.63, 3.8) is 0 Å². The summed E-state index contributed by atoms with van der Waals surface area (Å²) >= 11 is 5.97. The molecule has 0 aromatic heterocycles. The van der Waals surface area contributed by atoms with Gasteiger partial charge in [-0.1, -0.05) is 29.8 Å². The Morgan fingerprint density at radius 3 is 2.44 bits per heavy atom. The molecule has 1 atom stereocenters. The van der Waals surface area contributed by atoms with Crippen molar-refractivity contribution >= 4 is 33.2 Å². The van der Waals surface area contributed by atoms with Crippen LogP contribution in [-0.2, 0) is 21.2 Å². The van der Waals surface area contributed by atoms with Gasteiger partial charge in [-0.25, -0.2) is 8.42 Å². The van der Waals surface area contributed by atoms with E-state index in [9.17, 15) is 13.2 Å². The van der Waals surface area contributed by atoms with E-state index in [-0.39, 0.29) is 5.91 Å². The van der Waals surface area contributed by atoms with Gasteiger partial charge in [0.25, 0.3) is 0 Å². The molecule has 0 radical (unpaired) electrons. The van der Waals surface area contributed by atoms with Gasteiger partial charge in [-0.05, 0) is 49.2 Å². The zero-order chi connectivity index (χ0) is 20.0. The lowest BCUT2D eigenvalue weighted by Crippen LogP contribution is -2.48. The number of anilines is 1. The van der Waals surface area contributed by atoms with Gasteiger partial charge >= 0.3 is 0 Å². The second-order valence-electron chi connectivity index (χ2n) is 6.10. The third kappa shape index (κ3) is 5.87. The molecule has 0 heterocycles. The Balaban J connectivity index is 2.04. The minimum Gasteiger partial charge on any atom is -0.497 e. The van der Waals surface area contributed by atoms with Gasteiger partial charge in [0.1, 0.15) is 11.8 Å². The van der Waals surface area contributed by atoms with Crippen molar-refractivity contribution in [1.82, 2.24) is 5.32 Å². The van der Waals surface area contributed by atoms with E-state index in [4.69, 9.17) is 16.3 Å². The first-order valence-electron chi connectivity index (χ1n) is 8.38. The topological polar surface area (TPSA) is 75.7 Å². The van der Waals surface area contributed by atoms with E-state index in [2.05, 4.69) is 5.32 Å². The summed E-state index contributed by atoms with van der Waals surface area (Å²) in [5.41, 5.74) is 1.39. The van der Waals surface area contributed by atoms with Crippen LogP contribution in [-0.4, -0.2) is 40.3 Å². The fourth-order valence-corrected chi connectivity index (χ4v) is 4.04. The third-order valence-electron chi connectivity index (χ3n) is 4.02. The number of hydrogen-bond donors (Lipinski definition) is 1. The van der Waals surface area contributed by atoms with Crippen molar-refractivity contribution in [3.05, 3.63) is 59.1 Å². The highest BCUT2D eigenvalue weighted by Gasteiger charge is 2.29. The smallest absolute Gasteiger partial charge is 0.243 e. The standard InChI is InChI=1S/C19H23ClN2O4S/c1-14(22(27(3,24)25)17-6-4-5-16(20)13-17)19(23)21-12-11-15-7-9-18(26-2)10-8-15/h4-10,13-14H,11-12H2,1-3H3,(H,21,23)/t14-/m1/s1. The van der Waals surface area contributed by atoms with Crippen molar-refractivity contribution in [3.8, 4) is 5.75 Å². The summed E-state index contributed by atoms with van der Waals surface area (Å²) in [6.45, 7) is 1.94. The number of carbonyl (C=O) groups excluding carboxylic acids is 1. The molecule has 1 N–H and O–H groups in total. The number of halogens is 1. The summed E-state index contributed by atoms with van der Waals surface area (Å²) in [4.78, 5) is 12.5. The van der Waals surface area contributed by atoms with Crippen molar-refractivity contribution in [2.45, 2.75) is 19.4 Å². The van der Waals surface area contributed by atoms with Gasteiger partial charge in [0.15, 0.2) is 0 Å². The van der Waals surface area contributed by atoms with Crippen LogP contribution >= 0.6 is 11.6 Å². The highest BCUT2D eigenvalue weighted by molar-refractivity contribution is 7.92. The summed E-state index contributed by atoms with van der Waals surface area (Å²) in [5, 5.41) is 3.18. The number of sulfonamides is 1. The lowest BCUT2D eigenvalue weighted by molar-refractivity contribution is -0.121. The van der Waals surface area contributed by atoms with Gasteiger partial charge in [0.2, 0.25) is 15.9 Å². The average molecular weight is 411 g/mol. The van der Waals surface area contributed by atoms with Crippen molar-refractivity contribution in [2.24, 2.45) is 0 Å². The molecule has 0 bridgehead atoms. The predicted octanol–water partition coefficient (Wildman–Crippen LogP) is 2.86. The Bertz CT molecular complexity index is 885. The van der Waals surface area contributed by atoms with Crippen LogP contribution in [0.4, 0.5) is 5.69 Å². The number of methoxy groups -OCH3 is 1. The summed E-state index contributed by atoms with van der Waals surface area (Å²) in [5.74, 6) is 0.385. The molecule has 2 aromatic carbocycles. The van der Waals surface area contributed by atoms with Crippen molar-refractivity contribution < 1.29 is 17.9 Å². The van der Waals surface area contributed by atoms with Crippen LogP contribution in [0.15, 0.2) is 48.5 Å². The molecule has 0 saturated carbocycles. The van der Waals surface area contributed by atoms with E-state index in [0.717, 1.165) is 21.9 Å². The molecular weight excluding hydrogens is 388 g/mol. The number of rotatable bonds is 8. The van der Waals surface area contributed by atoms with E-state index in [1.807, 2.05) is 24.3 Å². The van der Waals surface area contributed by atoms with Crippen LogP contribution in [0.5, 0.6) is 5.75 Å². The van der Waals surface area contributed by atoms with Crippen LogP contribution in [0.25, 0.3) is 0 Å². The highest BCUT2D eigenvalue weighted by Crippen LogP contribution is 2.24. The minimum atomic E-state index is -3.66. The zero-order valence-electron chi connectivity index (χ0n) is 15.5. The van der Waals surface area contributed by atoms with E-state index in [0.29, 0.717) is 23.7 Å². The molecule has 146 valence electrons. The fourth-order valence-electron chi connectivity index (χ4n) is 2.69. The summed E-state index contributed by atoms with van der Waals surface area (Å²) in [6.07, 6.45) is 1.69. The third-order valence-corrected chi connectivity index (χ3v) is 5.50. The van der Waals surface area contributed by atoms with Crippen molar-refractivity contribution in [1.29, 1.82) is 0 Å². The maximum absolute atomic E-state index is 12.5. The molecule has 0 spiro atoms. The van der Waals surface area contributed by atoms with Gasteiger partial charge in [0, 0.05) is 11.6 Å². The Morgan fingerprint density at radius 1 is 1.22 bits per heavy atom. The van der Waals surface area contributed by atoms with E-state index < -0.39 is 16.1 Å². The number of hydrogen-bond acceptors (Lipinski definition) is 4. The molecule has 8 heteroatoms. The Kier molecular flexibility index (Phi) is 7.10. The molecule has 0 aliphatic rings. The van der Waals surface area contributed by atoms with E-state index in [1.165, 1.54) is 6.07 Å². The molecule has 0 fully saturated rings. The van der Waals surface area contributed by atoms with Gasteiger partial charge < -0.3 is 10.1 Å². The second kappa shape index (κ2) is 9.10. The number of benzene rings is 2. The average Bonchev–Trinajstić information content (AvgIpc) is 2.61. The molecule has 2 rings (SSSR count). The molecule has 27 heavy (non-hydrogen) atoms. The van der Waals surface area contributed by atoms with Crippen LogP contribution < -0.4 is 14.4 Å². The molecule has 0 aliphatic carbocycles. The molecule has 6 nitrogen and oxygen atoms in total. The fraction of sp³-hybridized carbons (Fsp3) is 0.316. The lowest BCUT2D eigenvalue weighted by Gasteiger charge is -2.28. The number of amides is 1. The second-order valence-corrected chi connectivity index (χ2v) is 8.40. The van der Waals surface area contributed by atoms with Gasteiger partial charge in [0.05, 0.1) is 19.1 Å². The first-order valence-corrected chi connectivity index (χ1v) is 10.6. The number of carbonyl (C=O) groups is 1. The summed E-state index contributed by atoms with van der Waals surface area (Å²) in [6, 6.07) is 13.0. The lowest BCUT2D eigenvalue weighted by atomic mass is 10.1. The molecule has 0 unspecified atom stereocenters. The number of nitrogens with one attached hydrogen (secondary N) is 1. The molecule has 0 saturated heterocycles. The van der Waals surface area contributed by atoms with E-state index >= 15 is 0 Å². The first kappa shape index (κ1) is 21.1. The Hall–Kier alpha value is -2.25. The van der Waals surface area contributed by atoms with Gasteiger partial charge in [-0.15, -0.1) is 0 Å². The van der Waals surface area contributed by atoms with Gasteiger partial charge in [-0.2, -0.15) is 0 Å². The number of ether oxygens (including phenoxy) is 1. The van der Waals surface area contributed by atoms with Crippen molar-refractivity contribution in [2.75, 3.05) is 24.2 Å². The maximum Gasteiger partial charge on any atom is 0.243 e. The van der Waals surface area contributed by atoms with E-state index in [1.54, 1.807) is 32.2 Å².